The number of carbonyl (C=O) groups excluding carboxylic acids is 1. The lowest BCUT2D eigenvalue weighted by Gasteiger charge is -2.22. The molecule has 0 spiro atoms. The molecule has 0 aliphatic carbocycles. The molecule has 2 N–H and O–H groups in total. The molecule has 2 rings (SSSR count). The van der Waals surface area contributed by atoms with Gasteiger partial charge in [-0.1, -0.05) is 12.1 Å². The van der Waals surface area contributed by atoms with Crippen LogP contribution in [0.4, 0.5) is 0 Å². The van der Waals surface area contributed by atoms with Crippen molar-refractivity contribution in [2.45, 2.75) is 18.9 Å². The van der Waals surface area contributed by atoms with Gasteiger partial charge in [-0.15, -0.1) is 0 Å². The van der Waals surface area contributed by atoms with Crippen molar-refractivity contribution < 1.29 is 23.8 Å². The van der Waals surface area contributed by atoms with Gasteiger partial charge in [0, 0.05) is 13.0 Å². The number of benzene rings is 1. The van der Waals surface area contributed by atoms with Crippen molar-refractivity contribution >= 4 is 5.91 Å². The molecule has 6 heteroatoms. The monoisotopic (exact) mass is 319 g/mol. The highest BCUT2D eigenvalue weighted by Crippen LogP contribution is 2.25. The largest absolute Gasteiger partial charge is 0.493 e. The summed E-state index contributed by atoms with van der Waals surface area (Å²) in [7, 11) is 1.54. The molecular formula is C17H21NO5. The molecule has 0 saturated heterocycles. The van der Waals surface area contributed by atoms with E-state index in [1.807, 2.05) is 6.07 Å². The Kier molecular flexibility index (Phi) is 5.65. The Morgan fingerprint density at radius 2 is 2.00 bits per heavy atom. The molecule has 0 radical (unpaired) electrons. The van der Waals surface area contributed by atoms with Gasteiger partial charge in [0.15, 0.2) is 18.1 Å². The van der Waals surface area contributed by atoms with Gasteiger partial charge in [0.25, 0.3) is 5.91 Å². The lowest BCUT2D eigenvalue weighted by Crippen LogP contribution is -2.43. The molecule has 1 atom stereocenters. The Hall–Kier alpha value is -2.47. The molecule has 0 bridgehead atoms. The number of carbonyl (C=O) groups is 1. The Bertz CT molecular complexity index is 622. The van der Waals surface area contributed by atoms with Crippen LogP contribution in [0, 0.1) is 0 Å². The summed E-state index contributed by atoms with van der Waals surface area (Å²) in [5.74, 6) is 1.39. The first-order chi connectivity index (χ1) is 11.0. The maximum atomic E-state index is 11.9. The van der Waals surface area contributed by atoms with E-state index in [-0.39, 0.29) is 19.1 Å². The normalized spacial score (nSPS) is 13.2. The van der Waals surface area contributed by atoms with Crippen LogP contribution in [0.25, 0.3) is 0 Å². The summed E-state index contributed by atoms with van der Waals surface area (Å²) in [6.07, 6.45) is 1.86. The van der Waals surface area contributed by atoms with Crippen LogP contribution in [0.5, 0.6) is 11.5 Å². The summed E-state index contributed by atoms with van der Waals surface area (Å²) in [4.78, 5) is 11.9. The van der Waals surface area contributed by atoms with E-state index in [1.165, 1.54) is 7.11 Å². The van der Waals surface area contributed by atoms with Gasteiger partial charge in [-0.05, 0) is 31.2 Å². The molecule has 23 heavy (non-hydrogen) atoms. The van der Waals surface area contributed by atoms with E-state index in [2.05, 4.69) is 5.32 Å². The molecule has 0 saturated carbocycles. The second kappa shape index (κ2) is 7.69. The highest BCUT2D eigenvalue weighted by atomic mass is 16.5. The van der Waals surface area contributed by atoms with Crippen molar-refractivity contribution in [2.24, 2.45) is 0 Å². The fourth-order valence-electron chi connectivity index (χ4n) is 2.07. The molecule has 1 aromatic heterocycles. The predicted octanol–water partition coefficient (Wildman–Crippen LogP) is 1.78. The van der Waals surface area contributed by atoms with Gasteiger partial charge < -0.3 is 24.3 Å². The summed E-state index contributed by atoms with van der Waals surface area (Å²) >= 11 is 0. The van der Waals surface area contributed by atoms with E-state index in [0.29, 0.717) is 23.7 Å². The predicted molar refractivity (Wildman–Crippen MR) is 84.5 cm³/mol. The summed E-state index contributed by atoms with van der Waals surface area (Å²) < 4.78 is 15.8. The van der Waals surface area contributed by atoms with Gasteiger partial charge in [-0.2, -0.15) is 0 Å². The van der Waals surface area contributed by atoms with Gasteiger partial charge in [-0.25, -0.2) is 0 Å². The smallest absolute Gasteiger partial charge is 0.258 e. The zero-order chi connectivity index (χ0) is 16.7. The number of methoxy groups -OCH3 is 1. The molecule has 1 unspecified atom stereocenters. The molecule has 6 nitrogen and oxygen atoms in total. The summed E-state index contributed by atoms with van der Waals surface area (Å²) in [5, 5.41) is 12.9. The lowest BCUT2D eigenvalue weighted by molar-refractivity contribution is -0.124. The molecule has 1 amide bonds. The van der Waals surface area contributed by atoms with Gasteiger partial charge in [-0.3, -0.25) is 4.79 Å². The van der Waals surface area contributed by atoms with Crippen molar-refractivity contribution in [3.05, 3.63) is 48.4 Å². The summed E-state index contributed by atoms with van der Waals surface area (Å²) in [6, 6.07) is 10.6. The molecular weight excluding hydrogens is 298 g/mol. The first-order valence-corrected chi connectivity index (χ1v) is 7.27. The van der Waals surface area contributed by atoms with Crippen LogP contribution >= 0.6 is 0 Å². The molecule has 0 fully saturated rings. The molecule has 1 heterocycles. The number of furan rings is 1. The van der Waals surface area contributed by atoms with Crippen molar-refractivity contribution in [3.63, 3.8) is 0 Å². The molecule has 124 valence electrons. The maximum absolute atomic E-state index is 11.9. The first kappa shape index (κ1) is 16.9. The second-order valence-corrected chi connectivity index (χ2v) is 5.47. The van der Waals surface area contributed by atoms with Crippen LogP contribution in [-0.4, -0.2) is 36.9 Å². The fraction of sp³-hybridized carbons (Fsp3) is 0.353. The molecule has 0 aliphatic heterocycles. The number of ether oxygens (including phenoxy) is 2. The van der Waals surface area contributed by atoms with E-state index in [9.17, 15) is 9.90 Å². The van der Waals surface area contributed by atoms with Crippen LogP contribution in [0.2, 0.25) is 0 Å². The standard InChI is InChI=1S/C17H21NO5/c1-17(20,10-13-6-5-9-22-13)12-18-16(19)11-23-15-8-4-3-7-14(15)21-2/h3-9,20H,10-12H2,1-2H3,(H,18,19). The second-order valence-electron chi connectivity index (χ2n) is 5.47. The van der Waals surface area contributed by atoms with E-state index in [4.69, 9.17) is 13.9 Å². The SMILES string of the molecule is COc1ccccc1OCC(=O)NCC(C)(O)Cc1ccco1. The number of hydrogen-bond acceptors (Lipinski definition) is 5. The number of rotatable bonds is 8. The third kappa shape index (κ3) is 5.34. The van der Waals surface area contributed by atoms with Crippen LogP contribution in [0.3, 0.4) is 0 Å². The topological polar surface area (TPSA) is 80.9 Å². The third-order valence-electron chi connectivity index (χ3n) is 3.23. The number of amides is 1. The Morgan fingerprint density at radius 3 is 2.65 bits per heavy atom. The van der Waals surface area contributed by atoms with Crippen molar-refractivity contribution in [2.75, 3.05) is 20.3 Å². The summed E-state index contributed by atoms with van der Waals surface area (Å²) in [5.41, 5.74) is -1.10. The number of hydrogen-bond donors (Lipinski definition) is 2. The molecule has 1 aromatic carbocycles. The zero-order valence-electron chi connectivity index (χ0n) is 13.2. The van der Waals surface area contributed by atoms with E-state index < -0.39 is 5.60 Å². The number of aliphatic hydroxyl groups is 1. The Labute approximate surface area is 135 Å². The third-order valence-corrected chi connectivity index (χ3v) is 3.23. The minimum atomic E-state index is -1.10. The highest BCUT2D eigenvalue weighted by molar-refractivity contribution is 5.77. The zero-order valence-corrected chi connectivity index (χ0v) is 13.2. The number of nitrogens with one attached hydrogen (secondary N) is 1. The van der Waals surface area contributed by atoms with E-state index in [0.717, 1.165) is 0 Å². The highest BCUT2D eigenvalue weighted by Gasteiger charge is 2.23. The van der Waals surface area contributed by atoms with Crippen LogP contribution in [-0.2, 0) is 11.2 Å². The quantitative estimate of drug-likeness (QED) is 0.775. The van der Waals surface area contributed by atoms with Gasteiger partial charge in [0.2, 0.25) is 0 Å². The number of para-hydroxylation sites is 2. The van der Waals surface area contributed by atoms with Crippen LogP contribution < -0.4 is 14.8 Å². The minimum absolute atomic E-state index is 0.0990. The lowest BCUT2D eigenvalue weighted by atomic mass is 10.0. The van der Waals surface area contributed by atoms with Crippen molar-refractivity contribution in [1.29, 1.82) is 0 Å². The van der Waals surface area contributed by atoms with Crippen molar-refractivity contribution in [3.8, 4) is 11.5 Å². The van der Waals surface area contributed by atoms with Gasteiger partial charge in [0.1, 0.15) is 5.76 Å². The van der Waals surface area contributed by atoms with E-state index >= 15 is 0 Å². The molecule has 2 aromatic rings. The van der Waals surface area contributed by atoms with Crippen molar-refractivity contribution in [1.82, 2.24) is 5.32 Å². The average molecular weight is 319 g/mol. The van der Waals surface area contributed by atoms with Crippen LogP contribution in [0.15, 0.2) is 47.1 Å². The average Bonchev–Trinajstić information content (AvgIpc) is 3.03. The van der Waals surface area contributed by atoms with Gasteiger partial charge in [0.05, 0.1) is 19.0 Å². The van der Waals surface area contributed by atoms with E-state index in [1.54, 1.807) is 43.5 Å². The van der Waals surface area contributed by atoms with Crippen LogP contribution in [0.1, 0.15) is 12.7 Å². The maximum Gasteiger partial charge on any atom is 0.258 e. The molecule has 0 aliphatic rings. The first-order valence-electron chi connectivity index (χ1n) is 7.27. The fourth-order valence-corrected chi connectivity index (χ4v) is 2.07. The minimum Gasteiger partial charge on any atom is -0.493 e. The van der Waals surface area contributed by atoms with Gasteiger partial charge >= 0.3 is 0 Å². The summed E-state index contributed by atoms with van der Waals surface area (Å²) in [6.45, 7) is 1.58. The Balaban J connectivity index is 1.78. The Morgan fingerprint density at radius 1 is 1.26 bits per heavy atom.